The summed E-state index contributed by atoms with van der Waals surface area (Å²) in [6.07, 6.45) is 4.44. The fraction of sp³-hybridized carbons (Fsp3) is 0.423. The maximum Gasteiger partial charge on any atom is 0.209 e. The highest BCUT2D eigenvalue weighted by atomic mass is 19.1. The summed E-state index contributed by atoms with van der Waals surface area (Å²) >= 11 is 0. The summed E-state index contributed by atoms with van der Waals surface area (Å²) in [6.45, 7) is 5.31. The topological polar surface area (TPSA) is 56.3 Å². The Balaban J connectivity index is 0.000000200. The SMILES string of the molecule is CC1(C)CN(C=O)CCC1O.Fc1ccc(-c2[nH]c3c(F)cc(F)cc3c2C2CCC2)cc1. The summed E-state index contributed by atoms with van der Waals surface area (Å²) in [5.74, 6) is -1.18. The number of amides is 1. The van der Waals surface area contributed by atoms with E-state index < -0.39 is 11.6 Å². The molecule has 0 bridgehead atoms. The second-order valence-electron chi connectivity index (χ2n) is 9.73. The van der Waals surface area contributed by atoms with Crippen molar-refractivity contribution >= 4 is 17.3 Å². The van der Waals surface area contributed by atoms with Gasteiger partial charge in [0.15, 0.2) is 0 Å². The minimum Gasteiger partial charge on any atom is -0.392 e. The number of aromatic nitrogens is 1. The van der Waals surface area contributed by atoms with Crippen molar-refractivity contribution in [2.45, 2.75) is 51.6 Å². The Morgan fingerprint density at radius 3 is 2.33 bits per heavy atom. The van der Waals surface area contributed by atoms with Crippen molar-refractivity contribution in [1.82, 2.24) is 9.88 Å². The third-order valence-electron chi connectivity index (χ3n) is 6.86. The molecule has 3 aromatic rings. The number of aliphatic hydroxyl groups is 1. The molecule has 1 saturated carbocycles. The number of halogens is 3. The smallest absolute Gasteiger partial charge is 0.209 e. The first kappa shape index (κ1) is 23.4. The molecule has 4 nitrogen and oxygen atoms in total. The lowest BCUT2D eigenvalue weighted by Gasteiger charge is -2.40. The molecule has 1 aliphatic carbocycles. The van der Waals surface area contributed by atoms with Gasteiger partial charge in [0.05, 0.1) is 17.3 Å². The van der Waals surface area contributed by atoms with Gasteiger partial charge in [-0.2, -0.15) is 0 Å². The standard InChI is InChI=1S/C18H14F3N.C8H15NO2/c19-12-6-4-11(5-7-12)17-16(10-2-1-3-10)14-8-13(20)9-15(21)18(14)22-17;1-8(2)5-9(6-10)4-3-7(8)11/h4-10,22H,1-3H2;6-7,11H,3-5H2,1-2H3. The van der Waals surface area contributed by atoms with Gasteiger partial charge < -0.3 is 15.0 Å². The van der Waals surface area contributed by atoms with Crippen molar-refractivity contribution in [2.24, 2.45) is 5.41 Å². The Morgan fingerprint density at radius 2 is 1.76 bits per heavy atom. The van der Waals surface area contributed by atoms with Crippen LogP contribution in [0.25, 0.3) is 22.2 Å². The van der Waals surface area contributed by atoms with Gasteiger partial charge in [-0.05, 0) is 66.6 Å². The molecular weight excluding hydrogens is 429 g/mol. The predicted octanol–water partition coefficient (Wildman–Crippen LogP) is 5.76. The van der Waals surface area contributed by atoms with Crippen LogP contribution in [-0.2, 0) is 4.79 Å². The Labute approximate surface area is 191 Å². The third-order valence-corrected chi connectivity index (χ3v) is 6.86. The molecule has 7 heteroatoms. The summed E-state index contributed by atoms with van der Waals surface area (Å²) in [7, 11) is 0. The third kappa shape index (κ3) is 4.78. The minimum absolute atomic E-state index is 0.140. The molecule has 176 valence electrons. The van der Waals surface area contributed by atoms with E-state index in [9.17, 15) is 23.1 Å². The molecule has 1 aromatic heterocycles. The number of nitrogens with zero attached hydrogens (tertiary/aromatic N) is 1. The van der Waals surface area contributed by atoms with Crippen LogP contribution in [0.4, 0.5) is 13.2 Å². The normalized spacial score (nSPS) is 20.2. The average Bonchev–Trinajstić information content (AvgIpc) is 3.09. The predicted molar refractivity (Wildman–Crippen MR) is 122 cm³/mol. The lowest BCUT2D eigenvalue weighted by Crippen LogP contribution is -2.47. The van der Waals surface area contributed by atoms with Crippen LogP contribution in [0.15, 0.2) is 36.4 Å². The molecule has 0 spiro atoms. The quantitative estimate of drug-likeness (QED) is 0.491. The zero-order valence-electron chi connectivity index (χ0n) is 18.9. The van der Waals surface area contributed by atoms with Gasteiger partial charge in [-0.1, -0.05) is 20.3 Å². The Morgan fingerprint density at radius 1 is 1.06 bits per heavy atom. The second kappa shape index (κ2) is 9.21. The summed E-state index contributed by atoms with van der Waals surface area (Å²) in [6, 6.07) is 8.35. The highest BCUT2D eigenvalue weighted by molar-refractivity contribution is 5.92. The number of aromatic amines is 1. The van der Waals surface area contributed by atoms with Crippen LogP contribution >= 0.6 is 0 Å². The Kier molecular flexibility index (Phi) is 6.52. The zero-order valence-corrected chi connectivity index (χ0v) is 18.9. The van der Waals surface area contributed by atoms with Crippen LogP contribution in [0.3, 0.4) is 0 Å². The Hall–Kier alpha value is -2.80. The molecule has 2 heterocycles. The number of carbonyl (C=O) groups is 1. The number of benzene rings is 2. The van der Waals surface area contributed by atoms with E-state index in [1.807, 2.05) is 13.8 Å². The van der Waals surface area contributed by atoms with E-state index in [1.165, 1.54) is 18.2 Å². The number of likely N-dealkylation sites (tertiary alicyclic amines) is 1. The van der Waals surface area contributed by atoms with Gasteiger partial charge >= 0.3 is 0 Å². The van der Waals surface area contributed by atoms with Crippen molar-refractivity contribution in [1.29, 1.82) is 0 Å². The Bertz CT molecular complexity index is 1140. The molecule has 2 aliphatic rings. The van der Waals surface area contributed by atoms with E-state index in [-0.39, 0.29) is 17.3 Å². The number of aliphatic hydroxyl groups excluding tert-OH is 1. The van der Waals surface area contributed by atoms with Crippen molar-refractivity contribution in [3.05, 3.63) is 59.4 Å². The van der Waals surface area contributed by atoms with Crippen LogP contribution in [0.2, 0.25) is 0 Å². The van der Waals surface area contributed by atoms with Gasteiger partial charge in [0.2, 0.25) is 6.41 Å². The van der Waals surface area contributed by atoms with E-state index in [0.29, 0.717) is 36.3 Å². The van der Waals surface area contributed by atoms with E-state index >= 15 is 0 Å². The molecule has 1 atom stereocenters. The molecule has 5 rings (SSSR count). The molecule has 1 amide bonds. The summed E-state index contributed by atoms with van der Waals surface area (Å²) in [4.78, 5) is 15.2. The van der Waals surface area contributed by atoms with Crippen LogP contribution in [0.1, 0.15) is 51.0 Å². The van der Waals surface area contributed by atoms with Gasteiger partial charge in [0.1, 0.15) is 17.5 Å². The number of hydrogen-bond donors (Lipinski definition) is 2. The first-order chi connectivity index (χ1) is 15.7. The molecule has 1 unspecified atom stereocenters. The maximum atomic E-state index is 14.1. The van der Waals surface area contributed by atoms with E-state index in [1.54, 1.807) is 17.0 Å². The number of fused-ring (bicyclic) bond motifs is 1. The highest BCUT2D eigenvalue weighted by Gasteiger charge is 2.33. The number of rotatable bonds is 3. The van der Waals surface area contributed by atoms with Crippen molar-refractivity contribution < 1.29 is 23.1 Å². The fourth-order valence-electron chi connectivity index (χ4n) is 4.68. The number of H-pyrrole nitrogens is 1. The van der Waals surface area contributed by atoms with Gasteiger partial charge in [-0.25, -0.2) is 13.2 Å². The van der Waals surface area contributed by atoms with E-state index in [2.05, 4.69) is 4.98 Å². The summed E-state index contributed by atoms with van der Waals surface area (Å²) < 4.78 is 40.8. The number of piperidine rings is 1. The lowest BCUT2D eigenvalue weighted by molar-refractivity contribution is -0.124. The van der Waals surface area contributed by atoms with Crippen molar-refractivity contribution in [2.75, 3.05) is 13.1 Å². The van der Waals surface area contributed by atoms with Crippen LogP contribution in [-0.4, -0.2) is 40.6 Å². The highest BCUT2D eigenvalue weighted by Crippen LogP contribution is 2.45. The first-order valence-electron chi connectivity index (χ1n) is 11.3. The van der Waals surface area contributed by atoms with E-state index in [0.717, 1.165) is 48.6 Å². The maximum absolute atomic E-state index is 14.1. The zero-order chi connectivity index (χ0) is 23.8. The van der Waals surface area contributed by atoms with Gasteiger partial charge in [-0.3, -0.25) is 4.79 Å². The molecule has 1 aliphatic heterocycles. The number of hydrogen-bond acceptors (Lipinski definition) is 2. The molecule has 1 saturated heterocycles. The van der Waals surface area contributed by atoms with Gasteiger partial charge in [0, 0.05) is 30.0 Å². The first-order valence-corrected chi connectivity index (χ1v) is 11.3. The lowest BCUT2D eigenvalue weighted by atomic mass is 9.78. The molecule has 2 N–H and O–H groups in total. The van der Waals surface area contributed by atoms with Crippen molar-refractivity contribution in [3.63, 3.8) is 0 Å². The molecule has 2 aromatic carbocycles. The monoisotopic (exact) mass is 458 g/mol. The second-order valence-corrected chi connectivity index (χ2v) is 9.73. The molecule has 33 heavy (non-hydrogen) atoms. The average molecular weight is 459 g/mol. The van der Waals surface area contributed by atoms with Crippen LogP contribution in [0.5, 0.6) is 0 Å². The molecular formula is C26H29F3N2O2. The molecule has 0 radical (unpaired) electrons. The minimum atomic E-state index is -0.594. The summed E-state index contributed by atoms with van der Waals surface area (Å²) in [5.41, 5.74) is 2.69. The van der Waals surface area contributed by atoms with Gasteiger partial charge in [0.25, 0.3) is 0 Å². The van der Waals surface area contributed by atoms with Crippen LogP contribution in [0, 0.1) is 22.9 Å². The number of nitrogens with one attached hydrogen (secondary N) is 1. The van der Waals surface area contributed by atoms with Gasteiger partial charge in [-0.15, -0.1) is 0 Å². The molecule has 2 fully saturated rings. The largest absolute Gasteiger partial charge is 0.392 e. The van der Waals surface area contributed by atoms with Crippen LogP contribution < -0.4 is 0 Å². The van der Waals surface area contributed by atoms with Crippen molar-refractivity contribution in [3.8, 4) is 11.3 Å². The van der Waals surface area contributed by atoms with E-state index in [4.69, 9.17) is 0 Å². The summed E-state index contributed by atoms with van der Waals surface area (Å²) in [5, 5.41) is 10.1. The fourth-order valence-corrected chi connectivity index (χ4v) is 4.68. The number of carbonyl (C=O) groups excluding carboxylic acids is 1.